The first-order valence-corrected chi connectivity index (χ1v) is 7.65. The van der Waals surface area contributed by atoms with E-state index in [0.717, 1.165) is 16.5 Å². The van der Waals surface area contributed by atoms with Gasteiger partial charge in [0.15, 0.2) is 5.82 Å². The van der Waals surface area contributed by atoms with Gasteiger partial charge < -0.3 is 5.73 Å². The Morgan fingerprint density at radius 2 is 1.80 bits per heavy atom. The molecule has 0 saturated carbocycles. The Kier molecular flexibility index (Phi) is 3.51. The average molecular weight is 302 g/mol. The molecule has 0 radical (unpaired) electrons. The summed E-state index contributed by atoms with van der Waals surface area (Å²) in [6.45, 7) is 0. The maximum absolute atomic E-state index is 6.00. The highest BCUT2D eigenvalue weighted by atomic mass is 35.5. The molecule has 0 bridgehead atoms. The van der Waals surface area contributed by atoms with Gasteiger partial charge in [0.2, 0.25) is 0 Å². The molecule has 0 aliphatic rings. The number of nitrogens with zero attached hydrogens (tertiary/aromatic N) is 2. The molecule has 0 spiro atoms. The molecule has 0 amide bonds. The molecule has 20 heavy (non-hydrogen) atoms. The van der Waals surface area contributed by atoms with Crippen LogP contribution < -0.4 is 5.73 Å². The Morgan fingerprint density at radius 3 is 2.50 bits per heavy atom. The first-order chi connectivity index (χ1) is 9.67. The number of thioether (sulfide) groups is 1. The van der Waals surface area contributed by atoms with Gasteiger partial charge in [-0.2, -0.15) is 0 Å². The van der Waals surface area contributed by atoms with Crippen molar-refractivity contribution in [3.8, 4) is 11.4 Å². The lowest BCUT2D eigenvalue weighted by molar-refractivity contribution is 1.23. The van der Waals surface area contributed by atoms with Gasteiger partial charge in [-0.25, -0.2) is 9.97 Å². The van der Waals surface area contributed by atoms with E-state index in [4.69, 9.17) is 17.3 Å². The number of nitrogens with two attached hydrogens (primary N) is 1. The predicted molar refractivity (Wildman–Crippen MR) is 86.2 cm³/mol. The molecule has 1 heterocycles. The Balaban J connectivity index is 2.15. The number of benzene rings is 2. The van der Waals surface area contributed by atoms with Crippen molar-refractivity contribution in [1.82, 2.24) is 9.97 Å². The second-order valence-electron chi connectivity index (χ2n) is 4.32. The SMILES string of the molecule is CSc1ccc(-c2nc(N)c3ccc(Cl)cc3n2)cc1. The fraction of sp³-hybridized carbons (Fsp3) is 0.0667. The van der Waals surface area contributed by atoms with Crippen LogP contribution in [-0.4, -0.2) is 16.2 Å². The van der Waals surface area contributed by atoms with E-state index in [1.54, 1.807) is 23.9 Å². The van der Waals surface area contributed by atoms with E-state index in [0.29, 0.717) is 16.7 Å². The van der Waals surface area contributed by atoms with E-state index in [1.807, 2.05) is 36.6 Å². The van der Waals surface area contributed by atoms with Crippen LogP contribution in [0.4, 0.5) is 5.82 Å². The molecular formula is C15H12ClN3S. The summed E-state index contributed by atoms with van der Waals surface area (Å²) in [7, 11) is 0. The van der Waals surface area contributed by atoms with Crippen LogP contribution in [0, 0.1) is 0 Å². The molecule has 0 fully saturated rings. The maximum Gasteiger partial charge on any atom is 0.162 e. The quantitative estimate of drug-likeness (QED) is 0.719. The third kappa shape index (κ3) is 2.44. The zero-order valence-electron chi connectivity index (χ0n) is 10.8. The third-order valence-corrected chi connectivity index (χ3v) is 4.02. The van der Waals surface area contributed by atoms with Gasteiger partial charge in [-0.05, 0) is 36.6 Å². The molecule has 5 heteroatoms. The van der Waals surface area contributed by atoms with Gasteiger partial charge in [0.05, 0.1) is 5.52 Å². The largest absolute Gasteiger partial charge is 0.383 e. The Morgan fingerprint density at radius 1 is 1.05 bits per heavy atom. The number of hydrogen-bond donors (Lipinski definition) is 1. The van der Waals surface area contributed by atoms with Crippen molar-refractivity contribution in [1.29, 1.82) is 0 Å². The second-order valence-corrected chi connectivity index (χ2v) is 5.64. The van der Waals surface area contributed by atoms with Gasteiger partial charge in [-0.1, -0.05) is 23.7 Å². The summed E-state index contributed by atoms with van der Waals surface area (Å²) in [5, 5.41) is 1.46. The van der Waals surface area contributed by atoms with Gasteiger partial charge in [0, 0.05) is 20.9 Å². The Hall–Kier alpha value is -1.78. The van der Waals surface area contributed by atoms with Crippen molar-refractivity contribution in [3.63, 3.8) is 0 Å². The number of halogens is 1. The molecule has 3 aromatic rings. The summed E-state index contributed by atoms with van der Waals surface area (Å²) in [5.41, 5.74) is 7.70. The molecule has 0 aliphatic carbocycles. The van der Waals surface area contributed by atoms with E-state index in [-0.39, 0.29) is 0 Å². The van der Waals surface area contributed by atoms with Crippen LogP contribution in [0.2, 0.25) is 5.02 Å². The second kappa shape index (κ2) is 5.31. The van der Waals surface area contributed by atoms with E-state index in [2.05, 4.69) is 9.97 Å². The maximum atomic E-state index is 6.00. The summed E-state index contributed by atoms with van der Waals surface area (Å²) in [5.74, 6) is 1.08. The topological polar surface area (TPSA) is 51.8 Å². The number of anilines is 1. The van der Waals surface area contributed by atoms with E-state index < -0.39 is 0 Å². The molecule has 0 atom stereocenters. The lowest BCUT2D eigenvalue weighted by Crippen LogP contribution is -1.97. The summed E-state index contributed by atoms with van der Waals surface area (Å²) in [4.78, 5) is 10.1. The predicted octanol–water partition coefficient (Wildman–Crippen LogP) is 4.25. The average Bonchev–Trinajstić information content (AvgIpc) is 2.46. The van der Waals surface area contributed by atoms with Crippen molar-refractivity contribution < 1.29 is 0 Å². The minimum Gasteiger partial charge on any atom is -0.383 e. The van der Waals surface area contributed by atoms with E-state index in [9.17, 15) is 0 Å². The zero-order chi connectivity index (χ0) is 14.1. The van der Waals surface area contributed by atoms with Crippen LogP contribution in [0.25, 0.3) is 22.3 Å². The molecule has 2 aromatic carbocycles. The first-order valence-electron chi connectivity index (χ1n) is 6.04. The molecule has 0 unspecified atom stereocenters. The normalized spacial score (nSPS) is 10.9. The van der Waals surface area contributed by atoms with Crippen molar-refractivity contribution >= 4 is 40.1 Å². The fourth-order valence-electron chi connectivity index (χ4n) is 2.00. The number of hydrogen-bond acceptors (Lipinski definition) is 4. The van der Waals surface area contributed by atoms with Crippen molar-refractivity contribution in [2.24, 2.45) is 0 Å². The summed E-state index contributed by atoms with van der Waals surface area (Å²) in [6, 6.07) is 13.5. The Labute approximate surface area is 126 Å². The van der Waals surface area contributed by atoms with E-state index in [1.165, 1.54) is 4.90 Å². The highest BCUT2D eigenvalue weighted by Crippen LogP contribution is 2.26. The highest BCUT2D eigenvalue weighted by Gasteiger charge is 2.07. The molecule has 3 rings (SSSR count). The van der Waals surface area contributed by atoms with Crippen LogP contribution in [0.15, 0.2) is 47.4 Å². The van der Waals surface area contributed by atoms with Crippen LogP contribution >= 0.6 is 23.4 Å². The number of nitrogen functional groups attached to an aromatic ring is 1. The van der Waals surface area contributed by atoms with Crippen LogP contribution in [0.1, 0.15) is 0 Å². The Bertz CT molecular complexity index is 772. The molecule has 3 nitrogen and oxygen atoms in total. The van der Waals surface area contributed by atoms with Gasteiger partial charge in [-0.3, -0.25) is 0 Å². The van der Waals surface area contributed by atoms with Crippen molar-refractivity contribution in [3.05, 3.63) is 47.5 Å². The van der Waals surface area contributed by atoms with E-state index >= 15 is 0 Å². The third-order valence-electron chi connectivity index (χ3n) is 3.04. The smallest absolute Gasteiger partial charge is 0.162 e. The van der Waals surface area contributed by atoms with Crippen molar-refractivity contribution in [2.75, 3.05) is 12.0 Å². The minimum absolute atomic E-state index is 0.468. The van der Waals surface area contributed by atoms with Crippen LogP contribution in [-0.2, 0) is 0 Å². The summed E-state index contributed by atoms with van der Waals surface area (Å²) < 4.78 is 0. The highest BCUT2D eigenvalue weighted by molar-refractivity contribution is 7.98. The van der Waals surface area contributed by atoms with Crippen molar-refractivity contribution in [2.45, 2.75) is 4.90 Å². The molecule has 100 valence electrons. The first kappa shape index (κ1) is 13.2. The summed E-state index contributed by atoms with van der Waals surface area (Å²) >= 11 is 7.70. The number of aromatic nitrogens is 2. The minimum atomic E-state index is 0.468. The van der Waals surface area contributed by atoms with Crippen LogP contribution in [0.5, 0.6) is 0 Å². The number of rotatable bonds is 2. The van der Waals surface area contributed by atoms with Gasteiger partial charge in [0.25, 0.3) is 0 Å². The fourth-order valence-corrected chi connectivity index (χ4v) is 2.57. The van der Waals surface area contributed by atoms with Gasteiger partial charge >= 0.3 is 0 Å². The molecule has 0 saturated heterocycles. The molecule has 0 aliphatic heterocycles. The van der Waals surface area contributed by atoms with Gasteiger partial charge in [0.1, 0.15) is 5.82 Å². The molecule has 1 aromatic heterocycles. The molecular weight excluding hydrogens is 290 g/mol. The van der Waals surface area contributed by atoms with Crippen LogP contribution in [0.3, 0.4) is 0 Å². The number of fused-ring (bicyclic) bond motifs is 1. The zero-order valence-corrected chi connectivity index (χ0v) is 12.4. The summed E-state index contributed by atoms with van der Waals surface area (Å²) in [6.07, 6.45) is 2.04. The standard InChI is InChI=1S/C15H12ClN3S/c1-20-11-5-2-9(3-6-11)15-18-13-8-10(16)4-7-12(13)14(17)19-15/h2-8H,1H3,(H2,17,18,19). The molecule has 2 N–H and O–H groups in total. The lowest BCUT2D eigenvalue weighted by Gasteiger charge is -2.06. The monoisotopic (exact) mass is 301 g/mol. The van der Waals surface area contributed by atoms with Gasteiger partial charge in [-0.15, -0.1) is 11.8 Å². The lowest BCUT2D eigenvalue weighted by atomic mass is 10.2.